The molecular weight excluding hydrogens is 212 g/mol. The Bertz CT molecular complexity index is 371. The largest absolute Gasteiger partial charge is 0.411 e. The molecule has 1 fully saturated rings. The van der Waals surface area contributed by atoms with Gasteiger partial charge in [-0.25, -0.2) is 4.98 Å². The van der Waals surface area contributed by atoms with Crippen LogP contribution in [0.5, 0.6) is 0 Å². The van der Waals surface area contributed by atoms with Crippen molar-refractivity contribution in [3.8, 4) is 0 Å². The second kappa shape index (κ2) is 3.08. The zero-order valence-corrected chi connectivity index (χ0v) is 7.61. The molecule has 0 atom stereocenters. The Labute approximate surface area is 83.3 Å². The topological polar surface area (TPSA) is 24.9 Å². The van der Waals surface area contributed by atoms with Gasteiger partial charge in [0.2, 0.25) is 5.95 Å². The van der Waals surface area contributed by atoms with E-state index in [0.29, 0.717) is 0 Å². The van der Waals surface area contributed by atoms with Gasteiger partial charge in [0.1, 0.15) is 5.54 Å². The molecule has 1 aromatic heterocycles. The first kappa shape index (κ1) is 10.2. The number of pyridine rings is 1. The highest BCUT2D eigenvalue weighted by molar-refractivity contribution is 5.47. The van der Waals surface area contributed by atoms with Crippen molar-refractivity contribution in [3.05, 3.63) is 24.3 Å². The number of alkyl halides is 3. The summed E-state index contributed by atoms with van der Waals surface area (Å²) in [5, 5.41) is 2.31. The molecule has 82 valence electrons. The molecule has 1 saturated carbocycles. The molecule has 2 rings (SSSR count). The molecule has 0 spiro atoms. The van der Waals surface area contributed by atoms with E-state index in [9.17, 15) is 17.6 Å². The lowest BCUT2D eigenvalue weighted by molar-refractivity contribution is -0.151. The third-order valence-corrected chi connectivity index (χ3v) is 2.40. The van der Waals surface area contributed by atoms with Gasteiger partial charge in [-0.2, -0.15) is 17.6 Å². The fraction of sp³-hybridized carbons (Fsp3) is 0.444. The number of nitrogens with zero attached hydrogens (tertiary/aromatic N) is 1. The molecule has 0 saturated heterocycles. The van der Waals surface area contributed by atoms with Crippen molar-refractivity contribution in [2.24, 2.45) is 0 Å². The highest BCUT2D eigenvalue weighted by atomic mass is 19.4. The lowest BCUT2D eigenvalue weighted by Crippen LogP contribution is -2.38. The first-order valence-corrected chi connectivity index (χ1v) is 4.39. The molecule has 1 N–H and O–H groups in total. The lowest BCUT2D eigenvalue weighted by atomic mass is 10.2. The molecule has 1 aliphatic carbocycles. The first-order valence-electron chi connectivity index (χ1n) is 4.39. The van der Waals surface area contributed by atoms with Gasteiger partial charge in [-0.3, -0.25) is 0 Å². The van der Waals surface area contributed by atoms with Gasteiger partial charge in [-0.1, -0.05) is 0 Å². The van der Waals surface area contributed by atoms with Crippen molar-refractivity contribution in [2.45, 2.75) is 24.6 Å². The molecule has 0 bridgehead atoms. The van der Waals surface area contributed by atoms with Crippen LogP contribution in [-0.2, 0) is 0 Å². The normalized spacial score (nSPS) is 18.7. The number of hydrogen-bond donors (Lipinski definition) is 1. The van der Waals surface area contributed by atoms with E-state index in [1.807, 2.05) is 0 Å². The van der Waals surface area contributed by atoms with Crippen LogP contribution in [0.15, 0.2) is 18.3 Å². The number of nitrogens with one attached hydrogen (secondary N) is 1. The highest BCUT2D eigenvalue weighted by Gasteiger charge is 2.63. The third kappa shape index (κ3) is 1.88. The fourth-order valence-corrected chi connectivity index (χ4v) is 1.36. The van der Waals surface area contributed by atoms with Crippen molar-refractivity contribution < 1.29 is 17.6 Å². The molecular formula is C9H8F4N2. The summed E-state index contributed by atoms with van der Waals surface area (Å²) < 4.78 is 50.2. The summed E-state index contributed by atoms with van der Waals surface area (Å²) in [7, 11) is 0. The third-order valence-electron chi connectivity index (χ3n) is 2.40. The van der Waals surface area contributed by atoms with Gasteiger partial charge < -0.3 is 5.32 Å². The van der Waals surface area contributed by atoms with Gasteiger partial charge in [0.05, 0.1) is 0 Å². The maximum Gasteiger partial charge on any atom is 0.411 e. The Kier molecular flexibility index (Phi) is 2.09. The van der Waals surface area contributed by atoms with Crippen molar-refractivity contribution in [1.82, 2.24) is 4.98 Å². The molecule has 0 aromatic carbocycles. The molecule has 15 heavy (non-hydrogen) atoms. The maximum atomic E-state index is 12.6. The van der Waals surface area contributed by atoms with Crippen LogP contribution in [0.3, 0.4) is 0 Å². The van der Waals surface area contributed by atoms with E-state index in [0.717, 1.165) is 12.3 Å². The fourth-order valence-electron chi connectivity index (χ4n) is 1.36. The van der Waals surface area contributed by atoms with E-state index in [-0.39, 0.29) is 18.5 Å². The zero-order valence-electron chi connectivity index (χ0n) is 7.61. The average molecular weight is 220 g/mol. The quantitative estimate of drug-likeness (QED) is 0.612. The van der Waals surface area contributed by atoms with Crippen LogP contribution in [0.2, 0.25) is 0 Å². The molecule has 0 unspecified atom stereocenters. The Morgan fingerprint density at radius 2 is 2.00 bits per heavy atom. The predicted molar refractivity (Wildman–Crippen MR) is 45.8 cm³/mol. The zero-order chi connectivity index (χ0) is 11.1. The summed E-state index contributed by atoms with van der Waals surface area (Å²) in [4.78, 5) is 3.26. The van der Waals surface area contributed by atoms with E-state index < -0.39 is 17.7 Å². The summed E-state index contributed by atoms with van der Waals surface area (Å²) in [6.07, 6.45) is -3.11. The molecule has 0 aliphatic heterocycles. The van der Waals surface area contributed by atoms with Gasteiger partial charge in [-0.15, -0.1) is 0 Å². The molecule has 1 heterocycles. The minimum atomic E-state index is -4.30. The van der Waals surface area contributed by atoms with E-state index in [2.05, 4.69) is 10.3 Å². The summed E-state index contributed by atoms with van der Waals surface area (Å²) in [6, 6.07) is 2.26. The summed E-state index contributed by atoms with van der Waals surface area (Å²) in [5.74, 6) is -0.794. The number of rotatable bonds is 2. The SMILES string of the molecule is Fc1cc(NC2(C(F)(F)F)CC2)ccn1. The van der Waals surface area contributed by atoms with Crippen molar-refractivity contribution in [3.63, 3.8) is 0 Å². The van der Waals surface area contributed by atoms with E-state index in [1.165, 1.54) is 6.07 Å². The standard InChI is InChI=1S/C9H8F4N2/c10-7-5-6(1-4-14-7)15-8(2-3-8)9(11,12)13/h1,4-5H,2-3H2,(H,14,15). The van der Waals surface area contributed by atoms with Crippen LogP contribution in [0.25, 0.3) is 0 Å². The smallest absolute Gasteiger partial charge is 0.371 e. The van der Waals surface area contributed by atoms with E-state index >= 15 is 0 Å². The maximum absolute atomic E-state index is 12.6. The molecule has 2 nitrogen and oxygen atoms in total. The van der Waals surface area contributed by atoms with Gasteiger partial charge in [-0.05, 0) is 18.9 Å². The number of aromatic nitrogens is 1. The minimum absolute atomic E-state index is 0.0282. The molecule has 0 amide bonds. The number of halogens is 4. The molecule has 6 heteroatoms. The number of anilines is 1. The predicted octanol–water partition coefficient (Wildman–Crippen LogP) is 2.73. The molecule has 1 aliphatic rings. The lowest BCUT2D eigenvalue weighted by Gasteiger charge is -2.21. The second-order valence-corrected chi connectivity index (χ2v) is 3.57. The van der Waals surface area contributed by atoms with Crippen LogP contribution in [0, 0.1) is 5.95 Å². The van der Waals surface area contributed by atoms with Crippen molar-refractivity contribution in [2.75, 3.05) is 5.32 Å². The molecule has 1 aromatic rings. The Morgan fingerprint density at radius 1 is 1.33 bits per heavy atom. The summed E-state index contributed by atoms with van der Waals surface area (Å²) >= 11 is 0. The monoisotopic (exact) mass is 220 g/mol. The Hall–Kier alpha value is -1.33. The van der Waals surface area contributed by atoms with Gasteiger partial charge >= 0.3 is 6.18 Å². The second-order valence-electron chi connectivity index (χ2n) is 3.57. The first-order chi connectivity index (χ1) is 6.93. The van der Waals surface area contributed by atoms with Crippen LogP contribution >= 0.6 is 0 Å². The minimum Gasteiger partial charge on any atom is -0.371 e. The van der Waals surface area contributed by atoms with Gasteiger partial charge in [0.15, 0.2) is 0 Å². The van der Waals surface area contributed by atoms with Crippen LogP contribution in [0.4, 0.5) is 23.2 Å². The van der Waals surface area contributed by atoms with Crippen LogP contribution in [0.1, 0.15) is 12.8 Å². The van der Waals surface area contributed by atoms with Crippen LogP contribution < -0.4 is 5.32 Å². The van der Waals surface area contributed by atoms with Crippen molar-refractivity contribution in [1.29, 1.82) is 0 Å². The van der Waals surface area contributed by atoms with Gasteiger partial charge in [0.25, 0.3) is 0 Å². The van der Waals surface area contributed by atoms with E-state index in [1.54, 1.807) is 0 Å². The Balaban J connectivity index is 2.16. The number of hydrogen-bond acceptors (Lipinski definition) is 2. The van der Waals surface area contributed by atoms with Gasteiger partial charge in [0, 0.05) is 18.0 Å². The van der Waals surface area contributed by atoms with E-state index in [4.69, 9.17) is 0 Å². The Morgan fingerprint density at radius 3 is 2.47 bits per heavy atom. The highest BCUT2D eigenvalue weighted by Crippen LogP contribution is 2.51. The van der Waals surface area contributed by atoms with Crippen LogP contribution in [-0.4, -0.2) is 16.7 Å². The summed E-state index contributed by atoms with van der Waals surface area (Å²) in [6.45, 7) is 0. The average Bonchev–Trinajstić information content (AvgIpc) is 2.84. The van der Waals surface area contributed by atoms with Crippen molar-refractivity contribution >= 4 is 5.69 Å². The summed E-state index contributed by atoms with van der Waals surface area (Å²) in [5.41, 5.74) is -1.75. The molecule has 0 radical (unpaired) electrons.